The van der Waals surface area contributed by atoms with E-state index in [-0.39, 0.29) is 11.9 Å². The number of carbonyl (C=O) groups excluding carboxylic acids is 1. The minimum atomic E-state index is 0.280. The molecule has 0 aromatic rings. The molecule has 0 heterocycles. The van der Waals surface area contributed by atoms with Gasteiger partial charge in [-0.2, -0.15) is 0 Å². The van der Waals surface area contributed by atoms with Crippen LogP contribution >= 0.6 is 0 Å². The Kier molecular flexibility index (Phi) is 9.88. The van der Waals surface area contributed by atoms with Crippen LogP contribution in [0.25, 0.3) is 0 Å². The van der Waals surface area contributed by atoms with Crippen molar-refractivity contribution in [1.29, 1.82) is 0 Å². The maximum absolute atomic E-state index is 12.3. The largest absolute Gasteiger partial charge is 0.339 e. The smallest absolute Gasteiger partial charge is 0.222 e. The molecule has 0 radical (unpaired) electrons. The van der Waals surface area contributed by atoms with Gasteiger partial charge < -0.3 is 15.5 Å². The highest BCUT2D eigenvalue weighted by Crippen LogP contribution is 2.16. The number of nitrogens with two attached hydrogens (primary N) is 1. The molecular formula is C15H33N3O. The second kappa shape index (κ2) is 10.2. The first-order chi connectivity index (χ1) is 8.96. The lowest BCUT2D eigenvalue weighted by molar-refractivity contribution is -0.133. The van der Waals surface area contributed by atoms with Crippen molar-refractivity contribution in [2.45, 2.75) is 52.5 Å². The molecule has 0 spiro atoms. The predicted molar refractivity (Wildman–Crippen MR) is 82.1 cm³/mol. The Morgan fingerprint density at radius 3 is 2.26 bits per heavy atom. The summed E-state index contributed by atoms with van der Waals surface area (Å²) >= 11 is 0. The zero-order chi connectivity index (χ0) is 14.8. The highest BCUT2D eigenvalue weighted by Gasteiger charge is 2.19. The van der Waals surface area contributed by atoms with E-state index in [1.54, 1.807) is 0 Å². The van der Waals surface area contributed by atoms with E-state index < -0.39 is 0 Å². The Morgan fingerprint density at radius 2 is 1.84 bits per heavy atom. The molecule has 0 saturated heterocycles. The van der Waals surface area contributed by atoms with Gasteiger partial charge in [0.05, 0.1) is 0 Å². The molecule has 0 aliphatic heterocycles. The molecule has 114 valence electrons. The van der Waals surface area contributed by atoms with Gasteiger partial charge in [-0.1, -0.05) is 13.3 Å². The van der Waals surface area contributed by atoms with Crippen molar-refractivity contribution in [2.24, 2.45) is 11.7 Å². The fourth-order valence-electron chi connectivity index (χ4n) is 2.62. The van der Waals surface area contributed by atoms with E-state index in [4.69, 9.17) is 5.73 Å². The van der Waals surface area contributed by atoms with Crippen LogP contribution in [-0.4, -0.2) is 55.5 Å². The molecule has 0 aliphatic carbocycles. The standard InChI is InChI=1S/C15H33N3O/c1-6-14(10-11-16)8-9-15(19)18(7-2)13(3)12-17(4)5/h13-14H,6-12,16H2,1-5H3. The van der Waals surface area contributed by atoms with Gasteiger partial charge in [0.15, 0.2) is 0 Å². The number of nitrogens with zero attached hydrogens (tertiary/aromatic N) is 2. The fraction of sp³-hybridized carbons (Fsp3) is 0.933. The molecule has 0 fully saturated rings. The first-order valence-corrected chi connectivity index (χ1v) is 7.60. The number of likely N-dealkylation sites (N-methyl/N-ethyl adjacent to an activating group) is 2. The summed E-state index contributed by atoms with van der Waals surface area (Å²) in [5.74, 6) is 0.879. The number of hydrogen-bond acceptors (Lipinski definition) is 3. The van der Waals surface area contributed by atoms with Crippen LogP contribution in [-0.2, 0) is 4.79 Å². The van der Waals surface area contributed by atoms with Crippen molar-refractivity contribution in [2.75, 3.05) is 33.7 Å². The molecule has 2 N–H and O–H groups in total. The zero-order valence-corrected chi connectivity index (χ0v) is 13.5. The van der Waals surface area contributed by atoms with Crippen LogP contribution in [0.5, 0.6) is 0 Å². The van der Waals surface area contributed by atoms with Gasteiger partial charge in [0.25, 0.3) is 0 Å². The molecule has 0 aromatic heterocycles. The lowest BCUT2D eigenvalue weighted by Gasteiger charge is -2.30. The van der Waals surface area contributed by atoms with E-state index >= 15 is 0 Å². The van der Waals surface area contributed by atoms with Gasteiger partial charge in [0.1, 0.15) is 0 Å². The summed E-state index contributed by atoms with van der Waals surface area (Å²) in [5, 5.41) is 0. The highest BCUT2D eigenvalue weighted by molar-refractivity contribution is 5.76. The Hall–Kier alpha value is -0.610. The number of amides is 1. The Morgan fingerprint density at radius 1 is 1.21 bits per heavy atom. The zero-order valence-electron chi connectivity index (χ0n) is 13.5. The molecule has 0 aliphatic rings. The monoisotopic (exact) mass is 271 g/mol. The first kappa shape index (κ1) is 18.4. The van der Waals surface area contributed by atoms with Crippen molar-refractivity contribution >= 4 is 5.91 Å². The van der Waals surface area contributed by atoms with Crippen LogP contribution in [0.1, 0.15) is 46.5 Å². The lowest BCUT2D eigenvalue weighted by Crippen LogP contribution is -2.43. The predicted octanol–water partition coefficient (Wildman–Crippen LogP) is 1.94. The van der Waals surface area contributed by atoms with Crippen LogP contribution < -0.4 is 5.73 Å². The average molecular weight is 271 g/mol. The fourth-order valence-corrected chi connectivity index (χ4v) is 2.62. The Bertz CT molecular complexity index is 244. The van der Waals surface area contributed by atoms with E-state index in [2.05, 4.69) is 25.7 Å². The van der Waals surface area contributed by atoms with Gasteiger partial charge in [-0.25, -0.2) is 0 Å². The second-order valence-electron chi connectivity index (χ2n) is 5.68. The van der Waals surface area contributed by atoms with Gasteiger partial charge >= 0.3 is 0 Å². The van der Waals surface area contributed by atoms with Gasteiger partial charge in [0.2, 0.25) is 5.91 Å². The van der Waals surface area contributed by atoms with E-state index in [1.807, 2.05) is 19.0 Å². The van der Waals surface area contributed by atoms with Crippen molar-refractivity contribution in [3.8, 4) is 0 Å². The molecule has 0 bridgehead atoms. The summed E-state index contributed by atoms with van der Waals surface area (Å²) < 4.78 is 0. The molecule has 0 saturated carbocycles. The third-order valence-electron chi connectivity index (χ3n) is 3.74. The summed E-state index contributed by atoms with van der Waals surface area (Å²) in [6.45, 7) is 8.79. The summed E-state index contributed by atoms with van der Waals surface area (Å²) in [4.78, 5) is 16.4. The SMILES string of the molecule is CCC(CCN)CCC(=O)N(CC)C(C)CN(C)C. The maximum atomic E-state index is 12.3. The van der Waals surface area contributed by atoms with E-state index in [9.17, 15) is 4.79 Å². The highest BCUT2D eigenvalue weighted by atomic mass is 16.2. The van der Waals surface area contributed by atoms with Gasteiger partial charge in [0, 0.05) is 25.6 Å². The van der Waals surface area contributed by atoms with Crippen LogP contribution in [0, 0.1) is 5.92 Å². The van der Waals surface area contributed by atoms with Gasteiger partial charge in [-0.05, 0) is 53.2 Å². The molecule has 2 atom stereocenters. The molecule has 2 unspecified atom stereocenters. The van der Waals surface area contributed by atoms with Crippen molar-refractivity contribution < 1.29 is 4.79 Å². The van der Waals surface area contributed by atoms with Crippen LogP contribution in [0.15, 0.2) is 0 Å². The Labute approximate surface area is 119 Å². The topological polar surface area (TPSA) is 49.6 Å². The number of rotatable bonds is 10. The maximum Gasteiger partial charge on any atom is 0.222 e. The quantitative estimate of drug-likeness (QED) is 0.660. The summed E-state index contributed by atoms with van der Waals surface area (Å²) in [5.41, 5.74) is 5.60. The molecule has 0 aromatic carbocycles. The second-order valence-corrected chi connectivity index (χ2v) is 5.68. The van der Waals surface area contributed by atoms with Gasteiger partial charge in [-0.15, -0.1) is 0 Å². The molecule has 0 rings (SSSR count). The third kappa shape index (κ3) is 7.53. The molecule has 4 heteroatoms. The van der Waals surface area contributed by atoms with Crippen molar-refractivity contribution in [1.82, 2.24) is 9.80 Å². The first-order valence-electron chi connectivity index (χ1n) is 7.60. The Balaban J connectivity index is 4.27. The summed E-state index contributed by atoms with van der Waals surface area (Å²) in [6, 6.07) is 0.280. The van der Waals surface area contributed by atoms with Crippen molar-refractivity contribution in [3.63, 3.8) is 0 Å². The molecular weight excluding hydrogens is 238 g/mol. The van der Waals surface area contributed by atoms with E-state index in [0.29, 0.717) is 12.3 Å². The van der Waals surface area contributed by atoms with Crippen molar-refractivity contribution in [3.05, 3.63) is 0 Å². The van der Waals surface area contributed by atoms with E-state index in [0.717, 1.165) is 38.9 Å². The average Bonchev–Trinajstić information content (AvgIpc) is 2.34. The normalized spacial score (nSPS) is 14.5. The molecule has 4 nitrogen and oxygen atoms in total. The van der Waals surface area contributed by atoms with Crippen LogP contribution in [0.2, 0.25) is 0 Å². The lowest BCUT2D eigenvalue weighted by atomic mass is 9.96. The third-order valence-corrected chi connectivity index (χ3v) is 3.74. The van der Waals surface area contributed by atoms with Gasteiger partial charge in [-0.3, -0.25) is 4.79 Å². The van der Waals surface area contributed by atoms with E-state index in [1.165, 1.54) is 0 Å². The van der Waals surface area contributed by atoms with Crippen LogP contribution in [0.3, 0.4) is 0 Å². The summed E-state index contributed by atoms with van der Waals surface area (Å²) in [6.07, 6.45) is 3.77. The van der Waals surface area contributed by atoms with Crippen LogP contribution in [0.4, 0.5) is 0 Å². The number of carbonyl (C=O) groups is 1. The minimum absolute atomic E-state index is 0.280. The minimum Gasteiger partial charge on any atom is -0.339 e. The number of hydrogen-bond donors (Lipinski definition) is 1. The molecule has 1 amide bonds. The molecule has 19 heavy (non-hydrogen) atoms. The summed E-state index contributed by atoms with van der Waals surface area (Å²) in [7, 11) is 4.09.